The number of anilines is 1. The lowest BCUT2D eigenvalue weighted by molar-refractivity contribution is 0.102. The van der Waals surface area contributed by atoms with E-state index in [0.717, 1.165) is 18.6 Å². The van der Waals surface area contributed by atoms with Crippen molar-refractivity contribution in [1.29, 1.82) is 10.5 Å². The minimum Gasteiger partial charge on any atom is -0.494 e. The maximum absolute atomic E-state index is 12.7. The number of fused-ring (bicyclic) bond motifs is 1. The Kier molecular flexibility index (Phi) is 7.03. The van der Waals surface area contributed by atoms with E-state index in [1.165, 1.54) is 12.8 Å². The molecule has 30 heavy (non-hydrogen) atoms. The number of ether oxygens (including phenoxy) is 1. The molecule has 0 fully saturated rings. The smallest absolute Gasteiger partial charge is 0.255 e. The summed E-state index contributed by atoms with van der Waals surface area (Å²) in [5.74, 6) is 0.475. The molecule has 1 N–H and O–H groups in total. The summed E-state index contributed by atoms with van der Waals surface area (Å²) in [6.07, 6.45) is 4.58. The Balaban J connectivity index is 1.74. The molecule has 0 saturated carbocycles. The summed E-state index contributed by atoms with van der Waals surface area (Å²) in [6, 6.07) is 19.8. The fourth-order valence-corrected chi connectivity index (χ4v) is 3.32. The van der Waals surface area contributed by atoms with Gasteiger partial charge in [0.25, 0.3) is 5.91 Å². The first-order valence-electron chi connectivity index (χ1n) is 10.1. The number of carbonyl (C=O) groups is 1. The van der Waals surface area contributed by atoms with Gasteiger partial charge in [-0.2, -0.15) is 10.5 Å². The molecule has 0 spiro atoms. The molecule has 150 valence electrons. The van der Waals surface area contributed by atoms with Crippen molar-refractivity contribution in [3.63, 3.8) is 0 Å². The van der Waals surface area contributed by atoms with Crippen molar-refractivity contribution in [1.82, 2.24) is 0 Å². The summed E-state index contributed by atoms with van der Waals surface area (Å²) < 4.78 is 5.72. The number of nitrogens with zero attached hydrogens (tertiary/aromatic N) is 2. The van der Waals surface area contributed by atoms with Crippen molar-refractivity contribution in [2.75, 3.05) is 11.9 Å². The lowest BCUT2D eigenvalue weighted by Crippen LogP contribution is -2.12. The SMILES string of the molecule is CCCCCCOc1ccc(C(=O)Nc2ccc(C#N)c3c(C#N)cccc23)cc1. The van der Waals surface area contributed by atoms with Crippen LogP contribution in [0.3, 0.4) is 0 Å². The Hall–Kier alpha value is -3.83. The van der Waals surface area contributed by atoms with Gasteiger partial charge in [0.05, 0.1) is 29.9 Å². The van der Waals surface area contributed by atoms with E-state index in [2.05, 4.69) is 24.4 Å². The predicted octanol–water partition coefficient (Wildman–Crippen LogP) is 5.79. The van der Waals surface area contributed by atoms with Crippen LogP contribution in [-0.4, -0.2) is 12.5 Å². The van der Waals surface area contributed by atoms with Gasteiger partial charge in [0.2, 0.25) is 0 Å². The van der Waals surface area contributed by atoms with E-state index < -0.39 is 0 Å². The number of unbranched alkanes of at least 4 members (excludes halogenated alkanes) is 3. The summed E-state index contributed by atoms with van der Waals surface area (Å²) >= 11 is 0. The number of benzene rings is 3. The molecule has 0 aliphatic rings. The molecule has 0 heterocycles. The van der Waals surface area contributed by atoms with Gasteiger partial charge in [0, 0.05) is 22.0 Å². The number of hydrogen-bond donors (Lipinski definition) is 1. The van der Waals surface area contributed by atoms with Crippen LogP contribution in [0.1, 0.15) is 54.1 Å². The first-order valence-corrected chi connectivity index (χ1v) is 10.1. The van der Waals surface area contributed by atoms with Crippen molar-refractivity contribution >= 4 is 22.4 Å². The maximum atomic E-state index is 12.7. The zero-order chi connectivity index (χ0) is 21.3. The van der Waals surface area contributed by atoms with Crippen LogP contribution in [0.2, 0.25) is 0 Å². The van der Waals surface area contributed by atoms with Crippen LogP contribution >= 0.6 is 0 Å². The molecule has 0 aliphatic heterocycles. The molecule has 5 heteroatoms. The number of amides is 1. The second-order valence-corrected chi connectivity index (χ2v) is 7.00. The second kappa shape index (κ2) is 10.1. The molecule has 0 unspecified atom stereocenters. The van der Waals surface area contributed by atoms with E-state index in [4.69, 9.17) is 4.74 Å². The summed E-state index contributed by atoms with van der Waals surface area (Å²) in [4.78, 5) is 12.7. The fourth-order valence-electron chi connectivity index (χ4n) is 3.32. The highest BCUT2D eigenvalue weighted by Gasteiger charge is 2.13. The molecule has 0 radical (unpaired) electrons. The van der Waals surface area contributed by atoms with Gasteiger partial charge in [0.1, 0.15) is 5.75 Å². The standard InChI is InChI=1S/C25H23N3O2/c1-2-3-4-5-15-30-21-12-9-18(10-13-21)25(29)28-23-14-11-20(17-27)24-19(16-26)7-6-8-22(23)24/h6-14H,2-5,15H2,1H3,(H,28,29). The first kappa shape index (κ1) is 20.9. The van der Waals surface area contributed by atoms with Gasteiger partial charge in [0.15, 0.2) is 0 Å². The van der Waals surface area contributed by atoms with Crippen LogP contribution < -0.4 is 10.1 Å². The van der Waals surface area contributed by atoms with E-state index in [1.807, 2.05) is 0 Å². The molecule has 0 atom stereocenters. The minimum absolute atomic E-state index is 0.266. The minimum atomic E-state index is -0.266. The molecule has 5 nitrogen and oxygen atoms in total. The Bertz CT molecular complexity index is 1100. The summed E-state index contributed by atoms with van der Waals surface area (Å²) in [7, 11) is 0. The van der Waals surface area contributed by atoms with E-state index in [0.29, 0.717) is 39.8 Å². The quantitative estimate of drug-likeness (QED) is 0.487. The van der Waals surface area contributed by atoms with E-state index >= 15 is 0 Å². The number of hydrogen-bond acceptors (Lipinski definition) is 4. The summed E-state index contributed by atoms with van der Waals surface area (Å²) in [6.45, 7) is 2.84. The Morgan fingerprint density at radius 3 is 2.37 bits per heavy atom. The topological polar surface area (TPSA) is 85.9 Å². The molecule has 0 aromatic heterocycles. The number of nitriles is 2. The zero-order valence-corrected chi connectivity index (χ0v) is 16.9. The maximum Gasteiger partial charge on any atom is 0.255 e. The van der Waals surface area contributed by atoms with Crippen LogP contribution in [0.4, 0.5) is 5.69 Å². The molecular formula is C25H23N3O2. The van der Waals surface area contributed by atoms with Gasteiger partial charge in [-0.05, 0) is 48.9 Å². The zero-order valence-electron chi connectivity index (χ0n) is 16.9. The van der Waals surface area contributed by atoms with Gasteiger partial charge in [-0.15, -0.1) is 0 Å². The van der Waals surface area contributed by atoms with Gasteiger partial charge in [-0.3, -0.25) is 4.79 Å². The van der Waals surface area contributed by atoms with E-state index in [-0.39, 0.29) is 5.91 Å². The van der Waals surface area contributed by atoms with Crippen molar-refractivity contribution in [3.8, 4) is 17.9 Å². The number of carbonyl (C=O) groups excluding carboxylic acids is 1. The number of nitrogens with one attached hydrogen (secondary N) is 1. The van der Waals surface area contributed by atoms with Crippen LogP contribution in [0.25, 0.3) is 10.8 Å². The third kappa shape index (κ3) is 4.77. The average molecular weight is 397 g/mol. The fraction of sp³-hybridized carbons (Fsp3) is 0.240. The molecule has 0 saturated heterocycles. The highest BCUT2D eigenvalue weighted by atomic mass is 16.5. The van der Waals surface area contributed by atoms with Crippen molar-refractivity contribution in [2.24, 2.45) is 0 Å². The van der Waals surface area contributed by atoms with E-state index in [1.54, 1.807) is 54.6 Å². The second-order valence-electron chi connectivity index (χ2n) is 7.00. The number of rotatable bonds is 8. The lowest BCUT2D eigenvalue weighted by Gasteiger charge is -2.11. The Morgan fingerprint density at radius 2 is 1.67 bits per heavy atom. The highest BCUT2D eigenvalue weighted by molar-refractivity contribution is 6.10. The average Bonchev–Trinajstić information content (AvgIpc) is 2.79. The molecule has 0 bridgehead atoms. The first-order chi connectivity index (χ1) is 14.7. The summed E-state index contributed by atoms with van der Waals surface area (Å²) in [5, 5.41) is 22.9. The monoisotopic (exact) mass is 397 g/mol. The summed E-state index contributed by atoms with van der Waals surface area (Å²) in [5.41, 5.74) is 1.87. The van der Waals surface area contributed by atoms with Crippen molar-refractivity contribution < 1.29 is 9.53 Å². The predicted molar refractivity (Wildman–Crippen MR) is 117 cm³/mol. The largest absolute Gasteiger partial charge is 0.494 e. The van der Waals surface area contributed by atoms with Gasteiger partial charge in [-0.1, -0.05) is 38.3 Å². The molecule has 1 amide bonds. The molecule has 0 aliphatic carbocycles. The molecular weight excluding hydrogens is 374 g/mol. The van der Waals surface area contributed by atoms with Crippen LogP contribution in [0, 0.1) is 22.7 Å². The highest BCUT2D eigenvalue weighted by Crippen LogP contribution is 2.29. The van der Waals surface area contributed by atoms with Crippen LogP contribution in [-0.2, 0) is 0 Å². The Labute approximate surface area is 176 Å². The molecule has 3 aromatic carbocycles. The molecule has 3 aromatic rings. The van der Waals surface area contributed by atoms with E-state index in [9.17, 15) is 15.3 Å². The van der Waals surface area contributed by atoms with Gasteiger partial charge in [-0.25, -0.2) is 0 Å². The van der Waals surface area contributed by atoms with Gasteiger partial charge >= 0.3 is 0 Å². The van der Waals surface area contributed by atoms with Crippen molar-refractivity contribution in [2.45, 2.75) is 32.6 Å². The van der Waals surface area contributed by atoms with Gasteiger partial charge < -0.3 is 10.1 Å². The van der Waals surface area contributed by atoms with Crippen LogP contribution in [0.5, 0.6) is 5.75 Å². The van der Waals surface area contributed by atoms with Crippen LogP contribution in [0.15, 0.2) is 54.6 Å². The third-order valence-corrected chi connectivity index (χ3v) is 4.91. The Morgan fingerprint density at radius 1 is 0.933 bits per heavy atom. The molecule has 3 rings (SSSR count). The lowest BCUT2D eigenvalue weighted by atomic mass is 9.99. The normalized spacial score (nSPS) is 10.2. The third-order valence-electron chi connectivity index (χ3n) is 4.91. The van der Waals surface area contributed by atoms with Crippen molar-refractivity contribution in [3.05, 3.63) is 71.3 Å².